The van der Waals surface area contributed by atoms with Crippen molar-refractivity contribution in [2.24, 2.45) is 0 Å². The lowest BCUT2D eigenvalue weighted by Gasteiger charge is -2.12. The van der Waals surface area contributed by atoms with Gasteiger partial charge in [-0.25, -0.2) is 29.9 Å². The van der Waals surface area contributed by atoms with E-state index in [0.29, 0.717) is 66.5 Å². The fourth-order valence-electron chi connectivity index (χ4n) is 18.4. The first kappa shape index (κ1) is 44.9. The van der Waals surface area contributed by atoms with Crippen LogP contribution in [0, 0.1) is 0 Å². The molecule has 0 unspecified atom stereocenters. The van der Waals surface area contributed by atoms with Gasteiger partial charge in [0.05, 0.1) is 162 Å². The van der Waals surface area contributed by atoms with Crippen molar-refractivity contribution in [2.75, 3.05) is 0 Å². The van der Waals surface area contributed by atoms with Gasteiger partial charge in [0, 0.05) is 115 Å². The Morgan fingerprint density at radius 1 is 0.162 bits per heavy atom. The average Bonchev–Trinajstić information content (AvgIpc) is 1.51. The van der Waals surface area contributed by atoms with Gasteiger partial charge < -0.3 is 13.7 Å². The summed E-state index contributed by atoms with van der Waals surface area (Å²) in [5.74, 6) is -0.388. The first-order valence-corrected chi connectivity index (χ1v) is 42.4. The Kier molecular flexibility index (Phi) is 10.4. The topological polar surface area (TPSA) is 107 Å². The number of nitrogens with zero attached hydrogens (tertiary/aromatic N) is 12. The van der Waals surface area contributed by atoms with Gasteiger partial charge in [-0.1, -0.05) is 339 Å². The van der Waals surface area contributed by atoms with E-state index in [1.54, 1.807) is 36.4 Å². The minimum Gasteiger partial charge on any atom is -0.309 e. The van der Waals surface area contributed by atoms with Gasteiger partial charge in [-0.3, -0.25) is 13.7 Å². The number of rotatable bonds is 10. The lowest BCUT2D eigenvalue weighted by molar-refractivity contribution is 1.01. The predicted octanol–water partition coefficient (Wildman–Crippen LogP) is 31.3. The highest BCUT2D eigenvalue weighted by molar-refractivity contribution is 6.32. The predicted molar refractivity (Wildman–Crippen MR) is 564 cm³/mol. The van der Waals surface area contributed by atoms with Gasteiger partial charge in [-0.2, -0.15) is 0 Å². The van der Waals surface area contributed by atoms with Crippen molar-refractivity contribution < 1.29 is 61.7 Å². The Bertz CT molecular complexity index is 12800. The zero-order valence-corrected chi connectivity index (χ0v) is 69.9. The summed E-state index contributed by atoms with van der Waals surface area (Å²) < 4.78 is 409. The number of hydrogen-bond donors (Lipinski definition) is 0. The zero-order chi connectivity index (χ0) is 129. The van der Waals surface area contributed by atoms with E-state index in [2.05, 4.69) is 0 Å². The SMILES string of the molecule is [2H]c1c([2H])c([2H])c(-n2c3c([2H])c([2H])c([2H])c([2H])c3c3c4c5c([2H])c([2H])c([2H])c([2H])c5n(-c5nc(-c6ccc(-c7ccccc7)cc6)c6ccccc6n5)c4c([2H])c([2H])c32)c([2H])c1[2H].[2H]c1c([2H])c([2H])c(-n2c3c([2H])c([2H])c([2H])c([2H])c3c3c4c5c([2H])c([2H])c([2H])c([2H])c5n(-c5nc(-c6ccc7ccccc7c6)c6ccccc6n5)c4c([2H])c([2H])c32)c([2H])c1[2H].[2H]c1c([2H])c([2H])c(-n2c3c([2H])c([2H])c([2H])c([2H])c3c3c4c5c([2H])c([2H])c([2H])c([2H])c5n(-c5nc(-c6ccccc6)c6ccccc6n5)c4c([2H])c([2H])c32)c([2H])c1[2H]. The van der Waals surface area contributed by atoms with Crippen LogP contribution in [0.5, 0.6) is 0 Å². The average molecular weight is 1780 g/mol. The molecule has 12 nitrogen and oxygen atoms in total. The van der Waals surface area contributed by atoms with E-state index < -0.39 is 289 Å². The maximum Gasteiger partial charge on any atom is 0.235 e. The quantitative estimate of drug-likeness (QED) is 0.135. The summed E-state index contributed by atoms with van der Waals surface area (Å²) in [4.78, 5) is 29.6. The molecule has 136 heavy (non-hydrogen) atoms. The van der Waals surface area contributed by atoms with Gasteiger partial charge in [-0.05, 0) is 155 Å². The van der Waals surface area contributed by atoms with Crippen LogP contribution in [0.2, 0.25) is 0 Å². The van der Waals surface area contributed by atoms with Crippen LogP contribution in [0.25, 0.3) is 254 Å². The van der Waals surface area contributed by atoms with Gasteiger partial charge in [0.15, 0.2) is 0 Å². The normalized spacial score (nSPS) is 16.5. The Hall–Kier alpha value is -18.5. The van der Waals surface area contributed by atoms with Crippen molar-refractivity contribution >= 4 is 174 Å². The molecule has 0 aliphatic rings. The maximum atomic E-state index is 9.72. The molecule has 29 rings (SSSR count). The van der Waals surface area contributed by atoms with Crippen LogP contribution in [0.3, 0.4) is 0 Å². The standard InChI is InChI=1S/C44H28N4.C42H26N4.C38H24N4/c1-3-13-29(14-4-1)30-23-25-31(26-24-30)43-33-17-7-10-20-36(33)45-44(46-43)48-38-22-12-9-19-35(38)42-40(48)28-27-39-41(42)34-18-8-11-21-37(34)47(39)32-15-5-2-6-16-32;1-2-14-30(15-3-1)45-35-20-10-7-17-32(35)39-37(45)24-25-38-40(39)33-18-8-11-21-36(33)46(38)42-43-34-19-9-6-16-31(34)41(44-42)29-23-22-27-12-4-5-13-28(27)26-29;1-3-13-25(14-4-1)37-27-17-7-10-20-30(27)39-38(40-37)42-32-22-12-9-19-29(32)36-34(42)24-23-33-35(36)28-18-8-11-21-31(28)41(33)26-15-5-2-6-16-26/h1-28H;1-26H;1-24H/i2D,5D,6D,8D,9D,11D,12D,15D,16D,18D,19D,21D,22D,27D,28D;1D,2D,3D,7D,8D,10D,11D,14D,15D,17D,18D,20D,21D,24D,25D;2D,5D,6D,8D,9D,11D,12D,15D,16D,18D,19D,21D,22D,23D,24D. The van der Waals surface area contributed by atoms with Crippen molar-refractivity contribution in [1.82, 2.24) is 57.3 Å². The maximum absolute atomic E-state index is 9.72. The molecule has 0 bridgehead atoms. The number of aromatic nitrogens is 12. The van der Waals surface area contributed by atoms with E-state index in [-0.39, 0.29) is 149 Å². The second-order valence-corrected chi connectivity index (χ2v) is 31.4. The Balaban J connectivity index is 0.000000127. The molecular formula is C124H78N12. The lowest BCUT2D eigenvalue weighted by Crippen LogP contribution is -2.03. The van der Waals surface area contributed by atoms with Crippen LogP contribution >= 0.6 is 0 Å². The van der Waals surface area contributed by atoms with E-state index in [4.69, 9.17) is 71.0 Å². The van der Waals surface area contributed by atoms with Crippen LogP contribution in [0.4, 0.5) is 0 Å². The third-order valence-corrected chi connectivity index (χ3v) is 24.1. The Morgan fingerprint density at radius 2 is 0.404 bits per heavy atom. The first-order chi connectivity index (χ1) is 86.2. The molecule has 0 spiro atoms. The highest BCUT2D eigenvalue weighted by Gasteiger charge is 2.28. The molecule has 0 N–H and O–H groups in total. The lowest BCUT2D eigenvalue weighted by atomic mass is 10.0. The van der Waals surface area contributed by atoms with E-state index in [9.17, 15) is 20.6 Å². The van der Waals surface area contributed by atoms with Crippen molar-refractivity contribution in [3.05, 3.63) is 472 Å². The Labute approximate surface area is 842 Å². The van der Waals surface area contributed by atoms with Crippen molar-refractivity contribution in [3.8, 4) is 79.8 Å². The number of fused-ring (bicyclic) bond motifs is 25. The second kappa shape index (κ2) is 31.7. The molecule has 0 fully saturated rings. The largest absolute Gasteiger partial charge is 0.309 e. The van der Waals surface area contributed by atoms with E-state index >= 15 is 0 Å². The van der Waals surface area contributed by atoms with Gasteiger partial charge in [-0.15, -0.1) is 0 Å². The number of hydrogen-bond acceptors (Lipinski definition) is 6. The molecule has 0 atom stereocenters. The second-order valence-electron chi connectivity index (χ2n) is 31.4. The summed E-state index contributed by atoms with van der Waals surface area (Å²) in [7, 11) is 0. The van der Waals surface area contributed by atoms with E-state index in [1.165, 1.54) is 13.7 Å². The van der Waals surface area contributed by atoms with Gasteiger partial charge in [0.25, 0.3) is 0 Å². The molecule has 9 aromatic heterocycles. The molecular weight excluding hydrogens is 1660 g/mol. The molecule has 0 aliphatic carbocycles. The van der Waals surface area contributed by atoms with Crippen LogP contribution in [0.1, 0.15) is 61.7 Å². The fourth-order valence-corrected chi connectivity index (χ4v) is 18.4. The van der Waals surface area contributed by atoms with Crippen molar-refractivity contribution in [2.45, 2.75) is 0 Å². The van der Waals surface area contributed by atoms with Gasteiger partial charge in [0.1, 0.15) is 0 Å². The summed E-state index contributed by atoms with van der Waals surface area (Å²) in [6, 6.07) is 31.2. The molecule has 0 radical (unpaired) electrons. The summed E-state index contributed by atoms with van der Waals surface area (Å²) in [6.07, 6.45) is 0. The van der Waals surface area contributed by atoms with Crippen molar-refractivity contribution in [1.29, 1.82) is 0 Å². The Morgan fingerprint density at radius 3 is 0.750 bits per heavy atom. The zero-order valence-electron chi connectivity index (χ0n) is 115. The van der Waals surface area contributed by atoms with E-state index in [1.807, 2.05) is 164 Å². The molecule has 9 heterocycles. The minimum absolute atomic E-state index is 0.118. The van der Waals surface area contributed by atoms with E-state index in [0.717, 1.165) is 35.6 Å². The fraction of sp³-hybridized carbons (Fsp3) is 0. The number of para-hydroxylation sites is 12. The summed E-state index contributed by atoms with van der Waals surface area (Å²) in [5.41, 5.74) is 1.73. The monoisotopic (exact) mass is 1780 g/mol. The molecule has 20 aromatic carbocycles. The highest BCUT2D eigenvalue weighted by atomic mass is 15.2. The smallest absolute Gasteiger partial charge is 0.235 e. The third kappa shape index (κ3) is 12.4. The third-order valence-electron chi connectivity index (χ3n) is 24.1. The summed E-state index contributed by atoms with van der Waals surface area (Å²) in [5, 5.41) is 1.61. The van der Waals surface area contributed by atoms with Crippen LogP contribution in [-0.2, 0) is 0 Å². The molecule has 12 heteroatoms. The molecule has 0 saturated heterocycles. The highest BCUT2D eigenvalue weighted by Crippen LogP contribution is 2.48. The van der Waals surface area contributed by atoms with Crippen molar-refractivity contribution in [3.63, 3.8) is 0 Å². The molecule has 0 saturated carbocycles. The molecule has 0 aliphatic heterocycles. The van der Waals surface area contributed by atoms with Gasteiger partial charge in [0.2, 0.25) is 17.8 Å². The molecule has 29 aromatic rings. The molecule has 0 amide bonds. The minimum atomic E-state index is -0.759. The number of benzene rings is 20. The molecule has 634 valence electrons. The van der Waals surface area contributed by atoms with Crippen LogP contribution in [-0.4, -0.2) is 57.3 Å². The van der Waals surface area contributed by atoms with Crippen LogP contribution in [0.15, 0.2) is 472 Å². The first-order valence-electron chi connectivity index (χ1n) is 64.9. The van der Waals surface area contributed by atoms with Gasteiger partial charge >= 0.3 is 0 Å². The summed E-state index contributed by atoms with van der Waals surface area (Å²) in [6.45, 7) is 0. The van der Waals surface area contributed by atoms with Crippen LogP contribution < -0.4 is 0 Å². The summed E-state index contributed by atoms with van der Waals surface area (Å²) >= 11 is 0.